The maximum absolute atomic E-state index is 13.5. The van der Waals surface area contributed by atoms with E-state index in [-0.39, 0.29) is 29.7 Å². The van der Waals surface area contributed by atoms with Gasteiger partial charge < -0.3 is 15.0 Å². The second-order valence-corrected chi connectivity index (χ2v) is 11.2. The van der Waals surface area contributed by atoms with E-state index in [2.05, 4.69) is 23.2 Å². The molecule has 2 amide bonds. The molecular formula is C27H44N4O3. The summed E-state index contributed by atoms with van der Waals surface area (Å²) in [4.78, 5) is 30.9. The number of morpholine rings is 1. The minimum atomic E-state index is -0.232. The summed E-state index contributed by atoms with van der Waals surface area (Å²) in [5, 5.41) is 12.8. The molecule has 7 heteroatoms. The van der Waals surface area contributed by atoms with Crippen molar-refractivity contribution in [3.63, 3.8) is 0 Å². The third-order valence-electron chi connectivity index (χ3n) is 8.96. The second-order valence-electron chi connectivity index (χ2n) is 11.2. The zero-order valence-corrected chi connectivity index (χ0v) is 21.1. The minimum Gasteiger partial charge on any atom is -0.378 e. The summed E-state index contributed by atoms with van der Waals surface area (Å²) in [6, 6.07) is 3.10. The van der Waals surface area contributed by atoms with Crippen molar-refractivity contribution in [3.05, 3.63) is 0 Å². The first-order valence-electron chi connectivity index (χ1n) is 13.8. The molecule has 190 valence electrons. The molecule has 0 spiro atoms. The van der Waals surface area contributed by atoms with Gasteiger partial charge in [-0.25, -0.2) is 0 Å². The third kappa shape index (κ3) is 6.51. The van der Waals surface area contributed by atoms with Crippen molar-refractivity contribution in [2.75, 3.05) is 39.4 Å². The number of rotatable bonds is 7. The Morgan fingerprint density at radius 1 is 1.03 bits per heavy atom. The first-order chi connectivity index (χ1) is 16.5. The van der Waals surface area contributed by atoms with Gasteiger partial charge in [-0.05, 0) is 37.5 Å². The average molecular weight is 473 g/mol. The van der Waals surface area contributed by atoms with Crippen LogP contribution in [-0.2, 0) is 14.3 Å². The van der Waals surface area contributed by atoms with Crippen LogP contribution in [0.4, 0.5) is 0 Å². The maximum atomic E-state index is 13.5. The average Bonchev–Trinajstić information content (AvgIpc) is 3.33. The Kier molecular flexibility index (Phi) is 9.24. The number of amides is 2. The highest BCUT2D eigenvalue weighted by molar-refractivity contribution is 5.86. The van der Waals surface area contributed by atoms with E-state index in [1.165, 1.54) is 32.1 Å². The highest BCUT2D eigenvalue weighted by Crippen LogP contribution is 2.35. The SMILES string of the molecule is CC1C(N2CCC(NC(=O)[C@@H](CC(=O)N3CCOCC3)CC3CCCCC3)C2)CCC[C@H]1C#N. The van der Waals surface area contributed by atoms with Gasteiger partial charge in [-0.3, -0.25) is 14.5 Å². The first-order valence-corrected chi connectivity index (χ1v) is 13.8. The van der Waals surface area contributed by atoms with Crippen molar-refractivity contribution < 1.29 is 14.3 Å². The normalized spacial score (nSPS) is 32.2. The summed E-state index contributed by atoms with van der Waals surface area (Å²) in [5.41, 5.74) is 0. The standard InChI is InChI=1S/C27H44N4O3/c1-20-22(18-28)8-5-9-25(20)31-11-10-24(19-31)29-27(33)23(16-21-6-3-2-4-7-21)17-26(32)30-12-14-34-15-13-30/h20-25H,2-17,19H2,1H3,(H,29,33)/t20?,22-,23+,24?,25?/m0/s1. The lowest BCUT2D eigenvalue weighted by Gasteiger charge is -2.38. The van der Waals surface area contributed by atoms with Gasteiger partial charge in [0, 0.05) is 50.6 Å². The number of hydrogen-bond donors (Lipinski definition) is 1. The van der Waals surface area contributed by atoms with Gasteiger partial charge in [0.15, 0.2) is 0 Å². The number of hydrogen-bond acceptors (Lipinski definition) is 5. The number of likely N-dealkylation sites (tertiary alicyclic amines) is 1. The molecule has 4 aliphatic rings. The molecule has 7 nitrogen and oxygen atoms in total. The van der Waals surface area contributed by atoms with E-state index in [1.807, 2.05) is 4.90 Å². The van der Waals surface area contributed by atoms with Crippen LogP contribution in [0.2, 0.25) is 0 Å². The summed E-state index contributed by atoms with van der Waals surface area (Å²) in [5.74, 6) is 1.05. The molecule has 4 fully saturated rings. The summed E-state index contributed by atoms with van der Waals surface area (Å²) < 4.78 is 5.40. The quantitative estimate of drug-likeness (QED) is 0.614. The Morgan fingerprint density at radius 3 is 2.53 bits per heavy atom. The highest BCUT2D eigenvalue weighted by atomic mass is 16.5. The zero-order chi connectivity index (χ0) is 23.9. The zero-order valence-electron chi connectivity index (χ0n) is 21.1. The van der Waals surface area contributed by atoms with E-state index in [0.717, 1.165) is 45.2 Å². The van der Waals surface area contributed by atoms with Gasteiger partial charge in [0.05, 0.1) is 25.2 Å². The van der Waals surface area contributed by atoms with Crippen molar-refractivity contribution in [3.8, 4) is 6.07 Å². The Hall–Kier alpha value is -1.65. The molecule has 0 aromatic heterocycles. The van der Waals surface area contributed by atoms with Crippen LogP contribution >= 0.6 is 0 Å². The first kappa shape index (κ1) is 25.4. The Morgan fingerprint density at radius 2 is 1.79 bits per heavy atom. The van der Waals surface area contributed by atoms with Crippen LogP contribution in [0.15, 0.2) is 0 Å². The summed E-state index contributed by atoms with van der Waals surface area (Å²) in [7, 11) is 0. The Balaban J connectivity index is 1.33. The largest absolute Gasteiger partial charge is 0.378 e. The van der Waals surface area contributed by atoms with Gasteiger partial charge >= 0.3 is 0 Å². The van der Waals surface area contributed by atoms with Gasteiger partial charge in [-0.1, -0.05) is 45.4 Å². The van der Waals surface area contributed by atoms with Crippen molar-refractivity contribution in [1.82, 2.24) is 15.1 Å². The molecule has 1 N–H and O–H groups in total. The fourth-order valence-electron chi connectivity index (χ4n) is 6.82. The smallest absolute Gasteiger partial charge is 0.223 e. The third-order valence-corrected chi connectivity index (χ3v) is 8.96. The lowest BCUT2D eigenvalue weighted by Crippen LogP contribution is -2.47. The Bertz CT molecular complexity index is 726. The minimum absolute atomic E-state index is 0.0747. The molecule has 3 unspecified atom stereocenters. The highest BCUT2D eigenvalue weighted by Gasteiger charge is 2.38. The molecule has 2 saturated heterocycles. The number of nitrogens with one attached hydrogen (secondary N) is 1. The molecule has 2 aliphatic carbocycles. The van der Waals surface area contributed by atoms with Gasteiger partial charge in [0.1, 0.15) is 0 Å². The van der Waals surface area contributed by atoms with Crippen LogP contribution in [0.3, 0.4) is 0 Å². The van der Waals surface area contributed by atoms with Crippen LogP contribution < -0.4 is 5.32 Å². The predicted molar refractivity (Wildman–Crippen MR) is 131 cm³/mol. The van der Waals surface area contributed by atoms with Gasteiger partial charge in [0.25, 0.3) is 0 Å². The van der Waals surface area contributed by atoms with Crippen LogP contribution in [0.5, 0.6) is 0 Å². The van der Waals surface area contributed by atoms with Crippen LogP contribution in [0, 0.1) is 35.0 Å². The lowest BCUT2D eigenvalue weighted by molar-refractivity contribution is -0.140. The topological polar surface area (TPSA) is 85.7 Å². The lowest BCUT2D eigenvalue weighted by atomic mass is 9.77. The van der Waals surface area contributed by atoms with E-state index < -0.39 is 0 Å². The van der Waals surface area contributed by atoms with Gasteiger partial charge in [-0.15, -0.1) is 0 Å². The molecule has 0 aromatic carbocycles. The summed E-state index contributed by atoms with van der Waals surface area (Å²) in [6.07, 6.45) is 11.6. The molecular weight excluding hydrogens is 428 g/mol. The number of nitrogens with zero attached hydrogens (tertiary/aromatic N) is 3. The van der Waals surface area contributed by atoms with Crippen molar-refractivity contribution >= 4 is 11.8 Å². The molecule has 0 radical (unpaired) electrons. The van der Waals surface area contributed by atoms with Gasteiger partial charge in [0.2, 0.25) is 11.8 Å². The van der Waals surface area contributed by atoms with Gasteiger partial charge in [-0.2, -0.15) is 5.26 Å². The fourth-order valence-corrected chi connectivity index (χ4v) is 6.82. The van der Waals surface area contributed by atoms with Crippen LogP contribution in [0.25, 0.3) is 0 Å². The molecule has 0 bridgehead atoms. The molecule has 2 heterocycles. The maximum Gasteiger partial charge on any atom is 0.223 e. The van der Waals surface area contributed by atoms with Crippen molar-refractivity contribution in [2.45, 2.75) is 89.6 Å². The number of carbonyl (C=O) groups is 2. The second kappa shape index (κ2) is 12.4. The van der Waals surface area contributed by atoms with Crippen molar-refractivity contribution in [2.24, 2.45) is 23.7 Å². The number of nitriles is 1. The monoisotopic (exact) mass is 472 g/mol. The van der Waals surface area contributed by atoms with Crippen molar-refractivity contribution in [1.29, 1.82) is 5.26 Å². The number of ether oxygens (including phenoxy) is 1. The predicted octanol–water partition coefficient (Wildman–Crippen LogP) is 3.34. The molecule has 4 rings (SSSR count). The van der Waals surface area contributed by atoms with Crippen LogP contribution in [-0.4, -0.2) is 73.1 Å². The number of carbonyl (C=O) groups excluding carboxylic acids is 2. The van der Waals surface area contributed by atoms with E-state index in [0.29, 0.717) is 50.6 Å². The van der Waals surface area contributed by atoms with Crippen LogP contribution in [0.1, 0.15) is 77.6 Å². The molecule has 34 heavy (non-hydrogen) atoms. The molecule has 0 aromatic rings. The molecule has 5 atom stereocenters. The Labute approximate surface area is 205 Å². The van der Waals surface area contributed by atoms with E-state index >= 15 is 0 Å². The fraction of sp³-hybridized carbons (Fsp3) is 0.889. The van der Waals surface area contributed by atoms with E-state index in [4.69, 9.17) is 4.74 Å². The summed E-state index contributed by atoms with van der Waals surface area (Å²) in [6.45, 7) is 6.53. The van der Waals surface area contributed by atoms with E-state index in [9.17, 15) is 14.9 Å². The molecule has 2 saturated carbocycles. The summed E-state index contributed by atoms with van der Waals surface area (Å²) >= 11 is 0. The van der Waals surface area contributed by atoms with E-state index in [1.54, 1.807) is 0 Å². The molecule has 2 aliphatic heterocycles.